The predicted octanol–water partition coefficient (Wildman–Crippen LogP) is 3.94. The van der Waals surface area contributed by atoms with Crippen molar-refractivity contribution in [3.05, 3.63) is 62.6 Å². The molecule has 0 saturated carbocycles. The highest BCUT2D eigenvalue weighted by atomic mass is 79.9. The lowest BCUT2D eigenvalue weighted by molar-refractivity contribution is -0.384. The second-order valence-corrected chi connectivity index (χ2v) is 7.65. The SMILES string of the molecule is CN(C)c1ccc(/C=N\Nc2nc3nonc3nc2Nc2ccc(Br)cc2)cc1[N+](=O)[O-]. The lowest BCUT2D eigenvalue weighted by Gasteiger charge is -2.12. The lowest BCUT2D eigenvalue weighted by Crippen LogP contribution is -2.11. The number of hydrazone groups is 1. The third-order valence-electron chi connectivity index (χ3n) is 4.28. The first-order valence-corrected chi connectivity index (χ1v) is 9.98. The first-order valence-electron chi connectivity index (χ1n) is 9.18. The quantitative estimate of drug-likeness (QED) is 0.218. The van der Waals surface area contributed by atoms with Gasteiger partial charge >= 0.3 is 0 Å². The lowest BCUT2D eigenvalue weighted by atomic mass is 10.2. The molecule has 0 aliphatic carbocycles. The number of anilines is 4. The molecule has 2 aromatic heterocycles. The molecule has 12 nitrogen and oxygen atoms in total. The molecular weight excluding hydrogens is 482 g/mol. The molecule has 0 unspecified atom stereocenters. The van der Waals surface area contributed by atoms with E-state index in [1.54, 1.807) is 31.1 Å². The molecule has 0 bridgehead atoms. The molecule has 0 saturated heterocycles. The summed E-state index contributed by atoms with van der Waals surface area (Å²) < 4.78 is 5.62. The van der Waals surface area contributed by atoms with E-state index in [-0.39, 0.29) is 22.8 Å². The molecule has 0 atom stereocenters. The fourth-order valence-corrected chi connectivity index (χ4v) is 3.05. The van der Waals surface area contributed by atoms with Crippen LogP contribution >= 0.6 is 15.9 Å². The second kappa shape index (κ2) is 8.93. The van der Waals surface area contributed by atoms with E-state index in [4.69, 9.17) is 0 Å². The summed E-state index contributed by atoms with van der Waals surface area (Å²) in [6, 6.07) is 12.3. The van der Waals surface area contributed by atoms with Crippen molar-refractivity contribution < 1.29 is 9.55 Å². The smallest absolute Gasteiger partial charge is 0.293 e. The van der Waals surface area contributed by atoms with Gasteiger partial charge in [0.05, 0.1) is 11.1 Å². The van der Waals surface area contributed by atoms with E-state index >= 15 is 0 Å². The Morgan fingerprint density at radius 3 is 2.44 bits per heavy atom. The summed E-state index contributed by atoms with van der Waals surface area (Å²) in [6.45, 7) is 0. The molecule has 4 aromatic rings. The minimum atomic E-state index is -0.433. The maximum Gasteiger partial charge on any atom is 0.293 e. The van der Waals surface area contributed by atoms with Gasteiger partial charge in [-0.3, -0.25) is 15.5 Å². The van der Waals surface area contributed by atoms with Gasteiger partial charge in [-0.15, -0.1) is 0 Å². The predicted molar refractivity (Wildman–Crippen MR) is 123 cm³/mol. The van der Waals surface area contributed by atoms with Crippen LogP contribution in [0.5, 0.6) is 0 Å². The van der Waals surface area contributed by atoms with Gasteiger partial charge in [0.2, 0.25) is 11.3 Å². The number of fused-ring (bicyclic) bond motifs is 1. The highest BCUT2D eigenvalue weighted by molar-refractivity contribution is 9.10. The molecule has 0 spiro atoms. The number of nitrogens with zero attached hydrogens (tertiary/aromatic N) is 7. The third-order valence-corrected chi connectivity index (χ3v) is 4.81. The Labute approximate surface area is 189 Å². The first kappa shape index (κ1) is 21.1. The number of aromatic nitrogens is 4. The topological polar surface area (TPSA) is 148 Å². The van der Waals surface area contributed by atoms with E-state index in [9.17, 15) is 10.1 Å². The van der Waals surface area contributed by atoms with E-state index < -0.39 is 4.92 Å². The van der Waals surface area contributed by atoms with Crippen LogP contribution in [0.1, 0.15) is 5.56 Å². The second-order valence-electron chi connectivity index (χ2n) is 6.73. The number of hydrogen-bond acceptors (Lipinski definition) is 11. The first-order chi connectivity index (χ1) is 15.4. The van der Waals surface area contributed by atoms with Crippen LogP contribution in [0.3, 0.4) is 0 Å². The molecule has 0 fully saturated rings. The van der Waals surface area contributed by atoms with Crippen molar-refractivity contribution in [1.82, 2.24) is 20.3 Å². The van der Waals surface area contributed by atoms with Crippen molar-refractivity contribution in [1.29, 1.82) is 0 Å². The largest absolute Gasteiger partial charge is 0.372 e. The maximum atomic E-state index is 11.4. The van der Waals surface area contributed by atoms with Crippen LogP contribution < -0.4 is 15.6 Å². The summed E-state index contributed by atoms with van der Waals surface area (Å²) in [6.07, 6.45) is 1.45. The van der Waals surface area contributed by atoms with Gasteiger partial charge in [-0.05, 0) is 40.6 Å². The monoisotopic (exact) mass is 497 g/mol. The van der Waals surface area contributed by atoms with Gasteiger partial charge in [-0.2, -0.15) is 10.1 Å². The van der Waals surface area contributed by atoms with Crippen molar-refractivity contribution in [2.45, 2.75) is 0 Å². The normalized spacial score (nSPS) is 11.1. The minimum absolute atomic E-state index is 0.0218. The maximum absolute atomic E-state index is 11.4. The van der Waals surface area contributed by atoms with E-state index in [0.29, 0.717) is 17.1 Å². The number of nitrogens with one attached hydrogen (secondary N) is 2. The molecule has 0 aliphatic heterocycles. The molecule has 2 heterocycles. The number of rotatable bonds is 7. The van der Waals surface area contributed by atoms with Crippen LogP contribution in [0.4, 0.5) is 28.7 Å². The average molecular weight is 498 g/mol. The summed E-state index contributed by atoms with van der Waals surface area (Å²) in [5.41, 5.74) is 5.01. The molecule has 0 amide bonds. The van der Waals surface area contributed by atoms with Crippen LogP contribution in [-0.4, -0.2) is 45.5 Å². The van der Waals surface area contributed by atoms with Crippen molar-refractivity contribution >= 4 is 62.1 Å². The molecule has 0 radical (unpaired) electrons. The standard InChI is InChI=1S/C19H16BrN9O3/c1-28(2)14-8-3-11(9-15(14)29(30)31)10-21-25-17-16(22-13-6-4-12(20)5-7-13)23-18-19(24-17)27-32-26-18/h3-10H,1-2H3,(H,22,23,26)(H,24,25,27)/b21-10-. The third kappa shape index (κ3) is 4.62. The molecule has 32 heavy (non-hydrogen) atoms. The fraction of sp³-hybridized carbons (Fsp3) is 0.105. The summed E-state index contributed by atoms with van der Waals surface area (Å²) in [5.74, 6) is 0.619. The summed E-state index contributed by atoms with van der Waals surface area (Å²) >= 11 is 3.39. The molecule has 0 aliphatic rings. The summed E-state index contributed by atoms with van der Waals surface area (Å²) in [5, 5.41) is 26.1. The minimum Gasteiger partial charge on any atom is -0.372 e. The zero-order valence-corrected chi connectivity index (χ0v) is 18.4. The van der Waals surface area contributed by atoms with Crippen molar-refractivity contribution in [3.63, 3.8) is 0 Å². The molecule has 162 valence electrons. The summed E-state index contributed by atoms with van der Waals surface area (Å²) in [4.78, 5) is 21.3. The van der Waals surface area contributed by atoms with Crippen molar-refractivity contribution in [2.24, 2.45) is 5.10 Å². The fourth-order valence-electron chi connectivity index (χ4n) is 2.79. The van der Waals surface area contributed by atoms with Crippen LogP contribution in [0.2, 0.25) is 0 Å². The van der Waals surface area contributed by atoms with Crippen molar-refractivity contribution in [3.8, 4) is 0 Å². The van der Waals surface area contributed by atoms with Gasteiger partial charge in [0, 0.05) is 35.9 Å². The Hall–Kier alpha value is -4.13. The van der Waals surface area contributed by atoms with Gasteiger partial charge in [0.25, 0.3) is 5.69 Å². The average Bonchev–Trinajstić information content (AvgIpc) is 3.22. The van der Waals surface area contributed by atoms with Crippen LogP contribution in [0.25, 0.3) is 11.3 Å². The number of halogens is 1. The number of benzene rings is 2. The molecule has 4 rings (SSSR count). The van der Waals surface area contributed by atoms with Crippen LogP contribution in [0, 0.1) is 10.1 Å². The van der Waals surface area contributed by atoms with E-state index in [2.05, 4.69) is 56.7 Å². The zero-order chi connectivity index (χ0) is 22.7. The van der Waals surface area contributed by atoms with E-state index in [1.807, 2.05) is 24.3 Å². The Bertz CT molecular complexity index is 1310. The highest BCUT2D eigenvalue weighted by Crippen LogP contribution is 2.28. The van der Waals surface area contributed by atoms with Crippen molar-refractivity contribution in [2.75, 3.05) is 29.7 Å². The highest BCUT2D eigenvalue weighted by Gasteiger charge is 2.16. The Balaban J connectivity index is 1.61. The van der Waals surface area contributed by atoms with Gasteiger partial charge in [-0.25, -0.2) is 9.61 Å². The van der Waals surface area contributed by atoms with E-state index in [1.165, 1.54) is 12.3 Å². The Morgan fingerprint density at radius 2 is 1.78 bits per heavy atom. The Kier molecular flexibility index (Phi) is 5.89. The number of nitro benzene ring substituents is 1. The number of hydrogen-bond donors (Lipinski definition) is 2. The molecular formula is C19H16BrN9O3. The van der Waals surface area contributed by atoms with Gasteiger partial charge in [0.15, 0.2) is 11.6 Å². The van der Waals surface area contributed by atoms with E-state index in [0.717, 1.165) is 10.2 Å². The molecule has 13 heteroatoms. The van der Waals surface area contributed by atoms with Gasteiger partial charge < -0.3 is 10.2 Å². The zero-order valence-electron chi connectivity index (χ0n) is 16.9. The Morgan fingerprint density at radius 1 is 1.09 bits per heavy atom. The molecule has 2 N–H and O–H groups in total. The number of nitro groups is 1. The molecule has 2 aromatic carbocycles. The van der Waals surface area contributed by atoms with Crippen LogP contribution in [0.15, 0.2) is 56.7 Å². The summed E-state index contributed by atoms with van der Waals surface area (Å²) in [7, 11) is 3.48. The van der Waals surface area contributed by atoms with Gasteiger partial charge in [-0.1, -0.05) is 22.0 Å². The van der Waals surface area contributed by atoms with Gasteiger partial charge in [0.1, 0.15) is 5.69 Å². The van der Waals surface area contributed by atoms with Crippen LogP contribution in [-0.2, 0) is 0 Å².